The van der Waals surface area contributed by atoms with Gasteiger partial charge in [0.25, 0.3) is 0 Å². The van der Waals surface area contributed by atoms with E-state index >= 15 is 0 Å². The summed E-state index contributed by atoms with van der Waals surface area (Å²) in [7, 11) is 0. The minimum absolute atomic E-state index is 0.380. The van der Waals surface area contributed by atoms with E-state index in [9.17, 15) is 0 Å². The zero-order valence-corrected chi connectivity index (χ0v) is 4.94. The van der Waals surface area contributed by atoms with Crippen LogP contribution in [0.2, 0.25) is 0 Å². The standard InChI is InChI=1S/C6H10N2/c1-3-4-6(8)5(2)7/h3-4,7H,1,8H2,2H3/b6-4-,7-5?. The minimum Gasteiger partial charge on any atom is -0.397 e. The summed E-state index contributed by atoms with van der Waals surface area (Å²) in [4.78, 5) is 0. The van der Waals surface area contributed by atoms with Gasteiger partial charge in [0.1, 0.15) is 0 Å². The topological polar surface area (TPSA) is 49.9 Å². The lowest BCUT2D eigenvalue weighted by atomic mass is 10.3. The molecular formula is C6H10N2. The fraction of sp³-hybridized carbons (Fsp3) is 0.167. The molecular weight excluding hydrogens is 100 g/mol. The Bertz CT molecular complexity index is 133. The number of hydrogen-bond acceptors (Lipinski definition) is 2. The molecule has 0 aromatic heterocycles. The van der Waals surface area contributed by atoms with Crippen LogP contribution >= 0.6 is 0 Å². The molecule has 0 rings (SSSR count). The van der Waals surface area contributed by atoms with Crippen LogP contribution in [-0.4, -0.2) is 5.71 Å². The summed E-state index contributed by atoms with van der Waals surface area (Å²) < 4.78 is 0. The predicted molar refractivity (Wildman–Crippen MR) is 35.9 cm³/mol. The third kappa shape index (κ3) is 2.18. The number of nitrogens with two attached hydrogens (primary N) is 1. The first-order valence-electron chi connectivity index (χ1n) is 2.32. The molecule has 0 aliphatic heterocycles. The Hall–Kier alpha value is -1.05. The minimum atomic E-state index is 0.380. The molecule has 2 heteroatoms. The Kier molecular flexibility index (Phi) is 2.62. The molecule has 0 spiro atoms. The summed E-state index contributed by atoms with van der Waals surface area (Å²) in [6, 6.07) is 0. The Balaban J connectivity index is 3.99. The molecule has 0 fully saturated rings. The fourth-order valence-electron chi connectivity index (χ4n) is 0.252. The Labute approximate surface area is 49.2 Å². The SMILES string of the molecule is C=C/C=C(\N)C(C)=N. The van der Waals surface area contributed by atoms with Crippen LogP contribution < -0.4 is 5.73 Å². The summed E-state index contributed by atoms with van der Waals surface area (Å²) in [5, 5.41) is 6.96. The van der Waals surface area contributed by atoms with Crippen molar-refractivity contribution in [3.05, 3.63) is 24.4 Å². The monoisotopic (exact) mass is 110 g/mol. The maximum atomic E-state index is 6.96. The number of rotatable bonds is 2. The van der Waals surface area contributed by atoms with E-state index in [-0.39, 0.29) is 0 Å². The number of nitrogens with one attached hydrogen (secondary N) is 1. The Morgan fingerprint density at radius 3 is 2.38 bits per heavy atom. The molecule has 0 aliphatic rings. The van der Waals surface area contributed by atoms with E-state index in [2.05, 4.69) is 6.58 Å². The quantitative estimate of drug-likeness (QED) is 0.405. The molecule has 0 aromatic rings. The van der Waals surface area contributed by atoms with Crippen LogP contribution in [0, 0.1) is 5.41 Å². The molecule has 0 atom stereocenters. The van der Waals surface area contributed by atoms with Crippen LogP contribution in [0.3, 0.4) is 0 Å². The van der Waals surface area contributed by atoms with Crippen molar-refractivity contribution in [2.75, 3.05) is 0 Å². The Morgan fingerprint density at radius 2 is 2.25 bits per heavy atom. The van der Waals surface area contributed by atoms with E-state index in [0.29, 0.717) is 11.4 Å². The molecule has 0 aliphatic carbocycles. The van der Waals surface area contributed by atoms with Crippen molar-refractivity contribution >= 4 is 5.71 Å². The van der Waals surface area contributed by atoms with Crippen LogP contribution in [0.1, 0.15) is 6.92 Å². The molecule has 44 valence electrons. The van der Waals surface area contributed by atoms with Gasteiger partial charge in [-0.2, -0.15) is 0 Å². The maximum absolute atomic E-state index is 6.96. The predicted octanol–water partition coefficient (Wildman–Crippen LogP) is 1.05. The van der Waals surface area contributed by atoms with Crippen molar-refractivity contribution in [1.82, 2.24) is 0 Å². The molecule has 3 N–H and O–H groups in total. The van der Waals surface area contributed by atoms with Crippen LogP contribution in [0.4, 0.5) is 0 Å². The average molecular weight is 110 g/mol. The van der Waals surface area contributed by atoms with Gasteiger partial charge in [-0.15, -0.1) is 0 Å². The largest absolute Gasteiger partial charge is 0.397 e. The second kappa shape index (κ2) is 3.02. The summed E-state index contributed by atoms with van der Waals surface area (Å²) >= 11 is 0. The van der Waals surface area contributed by atoms with E-state index in [1.54, 1.807) is 19.1 Å². The molecule has 0 radical (unpaired) electrons. The van der Waals surface area contributed by atoms with E-state index in [4.69, 9.17) is 11.1 Å². The third-order valence-corrected chi connectivity index (χ3v) is 0.730. The summed E-state index contributed by atoms with van der Waals surface area (Å²) in [6.07, 6.45) is 3.16. The lowest BCUT2D eigenvalue weighted by Gasteiger charge is -1.91. The second-order valence-corrected chi connectivity index (χ2v) is 1.48. The van der Waals surface area contributed by atoms with Gasteiger partial charge in [-0.05, 0) is 13.0 Å². The third-order valence-electron chi connectivity index (χ3n) is 0.730. The van der Waals surface area contributed by atoms with Crippen LogP contribution in [0.25, 0.3) is 0 Å². The fourth-order valence-corrected chi connectivity index (χ4v) is 0.252. The van der Waals surface area contributed by atoms with Crippen LogP contribution in [0.5, 0.6) is 0 Å². The number of hydrogen-bond donors (Lipinski definition) is 2. The van der Waals surface area contributed by atoms with Crippen molar-refractivity contribution in [2.24, 2.45) is 5.73 Å². The van der Waals surface area contributed by atoms with Gasteiger partial charge in [-0.3, -0.25) is 0 Å². The molecule has 0 amide bonds. The lowest BCUT2D eigenvalue weighted by molar-refractivity contribution is 1.38. The van der Waals surface area contributed by atoms with Gasteiger partial charge < -0.3 is 11.1 Å². The molecule has 2 nitrogen and oxygen atoms in total. The lowest BCUT2D eigenvalue weighted by Crippen LogP contribution is -2.04. The molecule has 0 heterocycles. The van der Waals surface area contributed by atoms with Crippen LogP contribution in [0.15, 0.2) is 24.4 Å². The van der Waals surface area contributed by atoms with Gasteiger partial charge in [0, 0.05) is 0 Å². The normalized spacial score (nSPS) is 10.9. The van der Waals surface area contributed by atoms with Gasteiger partial charge >= 0.3 is 0 Å². The van der Waals surface area contributed by atoms with Crippen molar-refractivity contribution in [1.29, 1.82) is 5.41 Å². The van der Waals surface area contributed by atoms with E-state index in [0.717, 1.165) is 0 Å². The van der Waals surface area contributed by atoms with Gasteiger partial charge in [-0.1, -0.05) is 12.7 Å². The molecule has 0 aromatic carbocycles. The van der Waals surface area contributed by atoms with Gasteiger partial charge in [-0.25, -0.2) is 0 Å². The Morgan fingerprint density at radius 1 is 1.75 bits per heavy atom. The first kappa shape index (κ1) is 6.95. The van der Waals surface area contributed by atoms with E-state index in [1.807, 2.05) is 0 Å². The van der Waals surface area contributed by atoms with Gasteiger partial charge in [0.05, 0.1) is 11.4 Å². The van der Waals surface area contributed by atoms with Crippen molar-refractivity contribution in [3.63, 3.8) is 0 Å². The van der Waals surface area contributed by atoms with E-state index in [1.165, 1.54) is 0 Å². The highest BCUT2D eigenvalue weighted by Crippen LogP contribution is 1.84. The second-order valence-electron chi connectivity index (χ2n) is 1.48. The zero-order chi connectivity index (χ0) is 6.57. The highest BCUT2D eigenvalue weighted by Gasteiger charge is 1.85. The molecule has 0 unspecified atom stereocenters. The highest BCUT2D eigenvalue weighted by molar-refractivity contribution is 5.94. The van der Waals surface area contributed by atoms with Crippen LogP contribution in [-0.2, 0) is 0 Å². The molecule has 0 saturated carbocycles. The van der Waals surface area contributed by atoms with Gasteiger partial charge in [0.2, 0.25) is 0 Å². The summed E-state index contributed by atoms with van der Waals surface area (Å²) in [5.41, 5.74) is 6.14. The maximum Gasteiger partial charge on any atom is 0.0522 e. The highest BCUT2D eigenvalue weighted by atomic mass is 14.6. The summed E-state index contributed by atoms with van der Waals surface area (Å²) in [5.74, 6) is 0. The average Bonchev–Trinajstić information content (AvgIpc) is 1.67. The van der Waals surface area contributed by atoms with Crippen molar-refractivity contribution in [2.45, 2.75) is 6.92 Å². The number of allylic oxidation sites excluding steroid dienone is 3. The van der Waals surface area contributed by atoms with Crippen molar-refractivity contribution < 1.29 is 0 Å². The first-order valence-corrected chi connectivity index (χ1v) is 2.32. The van der Waals surface area contributed by atoms with E-state index < -0.39 is 0 Å². The summed E-state index contributed by atoms with van der Waals surface area (Å²) in [6.45, 7) is 5.06. The zero-order valence-electron chi connectivity index (χ0n) is 4.94. The first-order chi connectivity index (χ1) is 3.68. The molecule has 0 saturated heterocycles. The molecule has 0 bridgehead atoms. The van der Waals surface area contributed by atoms with Gasteiger partial charge in [0.15, 0.2) is 0 Å². The van der Waals surface area contributed by atoms with Crippen molar-refractivity contribution in [3.8, 4) is 0 Å². The molecule has 8 heavy (non-hydrogen) atoms. The smallest absolute Gasteiger partial charge is 0.0522 e.